The monoisotopic (exact) mass is 790 g/mol. The van der Waals surface area contributed by atoms with Gasteiger partial charge in [-0.2, -0.15) is 0 Å². The highest BCUT2D eigenvalue weighted by Crippen LogP contribution is 2.62. The second kappa shape index (κ2) is 14.5. The maximum Gasteiger partial charge on any atom is 0.160 e. The average molecular weight is 791 g/mol. The molecule has 0 unspecified atom stereocenters. The summed E-state index contributed by atoms with van der Waals surface area (Å²) in [6.45, 7) is 0. The molecule has 62 heavy (non-hydrogen) atoms. The van der Waals surface area contributed by atoms with E-state index in [1.807, 2.05) is 0 Å². The molecule has 0 saturated carbocycles. The summed E-state index contributed by atoms with van der Waals surface area (Å²) in [5.41, 5.74) is 18.5. The first kappa shape index (κ1) is 35.8. The first-order valence-electron chi connectivity index (χ1n) is 21.1. The van der Waals surface area contributed by atoms with E-state index in [1.165, 1.54) is 33.4 Å². The number of fused-ring (bicyclic) bond motifs is 9. The molecule has 1 spiro atoms. The topological polar surface area (TPSA) is 35.0 Å². The maximum absolute atomic E-state index is 6.71. The van der Waals surface area contributed by atoms with Gasteiger partial charge in [-0.25, -0.2) is 9.97 Å². The number of rotatable bonds is 6. The molecule has 1 aliphatic carbocycles. The van der Waals surface area contributed by atoms with E-state index >= 15 is 0 Å². The fourth-order valence-electron chi connectivity index (χ4n) is 9.70. The molecule has 0 amide bonds. The summed E-state index contributed by atoms with van der Waals surface area (Å²) in [4.78, 5) is 10.5. The normalized spacial score (nSPS) is 12.8. The second-order valence-corrected chi connectivity index (χ2v) is 16.1. The minimum Gasteiger partial charge on any atom is -0.457 e. The van der Waals surface area contributed by atoms with Crippen molar-refractivity contribution in [3.8, 4) is 89.9 Å². The van der Waals surface area contributed by atoms with Crippen LogP contribution in [0.25, 0.3) is 78.4 Å². The van der Waals surface area contributed by atoms with Gasteiger partial charge in [-0.1, -0.05) is 194 Å². The summed E-state index contributed by atoms with van der Waals surface area (Å²) in [6.07, 6.45) is 0. The number of hydrogen-bond acceptors (Lipinski definition) is 3. The van der Waals surface area contributed by atoms with Crippen molar-refractivity contribution in [2.24, 2.45) is 0 Å². The quantitative estimate of drug-likeness (QED) is 0.168. The van der Waals surface area contributed by atoms with Crippen LogP contribution in [-0.2, 0) is 5.41 Å². The third kappa shape index (κ3) is 5.82. The van der Waals surface area contributed by atoms with E-state index in [9.17, 15) is 0 Å². The zero-order chi connectivity index (χ0) is 41.0. The predicted molar refractivity (Wildman–Crippen MR) is 252 cm³/mol. The fraction of sp³-hybridized carbons (Fsp3) is 0.0169. The van der Waals surface area contributed by atoms with Gasteiger partial charge in [0.05, 0.1) is 16.8 Å². The van der Waals surface area contributed by atoms with Gasteiger partial charge in [-0.15, -0.1) is 0 Å². The first-order chi connectivity index (χ1) is 30.7. The number of hydrogen-bond donors (Lipinski definition) is 0. The zero-order valence-electron chi connectivity index (χ0n) is 33.7. The summed E-state index contributed by atoms with van der Waals surface area (Å²) in [5, 5.41) is 0. The lowest BCUT2D eigenvalue weighted by atomic mass is 9.66. The van der Waals surface area contributed by atoms with Crippen LogP contribution in [0, 0.1) is 0 Å². The van der Waals surface area contributed by atoms with Crippen molar-refractivity contribution >= 4 is 0 Å². The van der Waals surface area contributed by atoms with E-state index < -0.39 is 5.41 Å². The molecule has 0 bridgehead atoms. The van der Waals surface area contributed by atoms with Gasteiger partial charge >= 0.3 is 0 Å². The van der Waals surface area contributed by atoms with Gasteiger partial charge in [-0.3, -0.25) is 0 Å². The summed E-state index contributed by atoms with van der Waals surface area (Å²) in [6, 6.07) is 81.9. The van der Waals surface area contributed by atoms with Crippen LogP contribution in [0.15, 0.2) is 231 Å². The second-order valence-electron chi connectivity index (χ2n) is 16.1. The highest BCUT2D eigenvalue weighted by atomic mass is 16.5. The van der Waals surface area contributed by atoms with Crippen molar-refractivity contribution in [2.75, 3.05) is 0 Å². The summed E-state index contributed by atoms with van der Waals surface area (Å²) >= 11 is 0. The molecule has 0 saturated heterocycles. The average Bonchev–Trinajstić information content (AvgIpc) is 3.65. The van der Waals surface area contributed by atoms with Gasteiger partial charge < -0.3 is 4.74 Å². The molecule has 2 heterocycles. The highest BCUT2D eigenvalue weighted by molar-refractivity contribution is 5.89. The fourth-order valence-corrected chi connectivity index (χ4v) is 9.70. The van der Waals surface area contributed by atoms with Crippen molar-refractivity contribution < 1.29 is 4.74 Å². The highest BCUT2D eigenvalue weighted by Gasteiger charge is 2.51. The molecule has 12 rings (SSSR count). The van der Waals surface area contributed by atoms with E-state index in [0.29, 0.717) is 5.82 Å². The Kier molecular flexibility index (Phi) is 8.39. The minimum atomic E-state index is -0.520. The molecule has 2 aliphatic rings. The van der Waals surface area contributed by atoms with Crippen LogP contribution >= 0.6 is 0 Å². The molecule has 0 N–H and O–H groups in total. The lowest BCUT2D eigenvalue weighted by molar-refractivity contribution is 0.436. The molecule has 0 fully saturated rings. The Labute approximate surface area is 361 Å². The van der Waals surface area contributed by atoms with Crippen LogP contribution in [-0.4, -0.2) is 9.97 Å². The largest absolute Gasteiger partial charge is 0.457 e. The molecule has 0 atom stereocenters. The van der Waals surface area contributed by atoms with Gasteiger partial charge in [0.15, 0.2) is 5.82 Å². The molecule has 10 aromatic rings. The van der Waals surface area contributed by atoms with Crippen molar-refractivity contribution in [3.05, 3.63) is 253 Å². The molecule has 1 aliphatic heterocycles. The molecule has 3 heteroatoms. The Morgan fingerprint density at radius 2 is 0.694 bits per heavy atom. The Balaban J connectivity index is 0.972. The third-order valence-corrected chi connectivity index (χ3v) is 12.6. The van der Waals surface area contributed by atoms with Gasteiger partial charge in [0.25, 0.3) is 0 Å². The summed E-state index contributed by atoms with van der Waals surface area (Å²) < 4.78 is 6.71. The SMILES string of the molecule is c1ccc(-c2cccc(-c3cc(-c4cccc(-c5ccccc5)c4)nc(-c4ccc(-c5ccc6c(c5)C5(c7ccccc7O6)c6ccccc6-c6ccccc65)cc4)n3)c2)cc1. The third-order valence-electron chi connectivity index (χ3n) is 12.6. The zero-order valence-corrected chi connectivity index (χ0v) is 33.7. The molecule has 0 radical (unpaired) electrons. The number of aromatic nitrogens is 2. The maximum atomic E-state index is 6.71. The molecule has 3 nitrogen and oxygen atoms in total. The van der Waals surface area contributed by atoms with Crippen LogP contribution < -0.4 is 4.74 Å². The summed E-state index contributed by atoms with van der Waals surface area (Å²) in [7, 11) is 0. The lowest BCUT2D eigenvalue weighted by Gasteiger charge is -2.39. The predicted octanol–water partition coefficient (Wildman–Crippen LogP) is 14.9. The Morgan fingerprint density at radius 1 is 0.274 bits per heavy atom. The molecule has 290 valence electrons. The van der Waals surface area contributed by atoms with Gasteiger partial charge in [0.1, 0.15) is 11.5 Å². The minimum absolute atomic E-state index is 0.520. The van der Waals surface area contributed by atoms with E-state index in [-0.39, 0.29) is 0 Å². The molecule has 1 aromatic heterocycles. The lowest BCUT2D eigenvalue weighted by Crippen LogP contribution is -2.32. The first-order valence-corrected chi connectivity index (χ1v) is 21.1. The smallest absolute Gasteiger partial charge is 0.160 e. The standard InChI is InChI=1S/C59H38N2O/c1-3-15-39(16-4-1)43-19-13-21-46(35-43)54-38-55(47-22-14-20-44(36-47)40-17-5-2-6-18-40)61-58(60-54)42-31-29-41(30-32-42)45-33-34-57-53(37-45)59(52-27-11-12-28-56(52)62-57)50-25-9-7-23-48(50)49-24-8-10-26-51(49)59/h1-38H. The van der Waals surface area contributed by atoms with E-state index in [4.69, 9.17) is 14.7 Å². The van der Waals surface area contributed by atoms with E-state index in [2.05, 4.69) is 231 Å². The Bertz CT molecular complexity index is 3170. The Hall–Kier alpha value is -8.14. The number of benzene rings is 9. The van der Waals surface area contributed by atoms with Crippen LogP contribution in [0.2, 0.25) is 0 Å². The van der Waals surface area contributed by atoms with Crippen LogP contribution in [0.4, 0.5) is 0 Å². The number of para-hydroxylation sites is 1. The summed E-state index contributed by atoms with van der Waals surface area (Å²) in [5.74, 6) is 2.44. The van der Waals surface area contributed by atoms with Crippen LogP contribution in [0.3, 0.4) is 0 Å². The van der Waals surface area contributed by atoms with E-state index in [0.717, 1.165) is 73.0 Å². The van der Waals surface area contributed by atoms with Crippen molar-refractivity contribution in [2.45, 2.75) is 5.41 Å². The number of ether oxygens (including phenoxy) is 1. The van der Waals surface area contributed by atoms with E-state index in [1.54, 1.807) is 0 Å². The van der Waals surface area contributed by atoms with Gasteiger partial charge in [-0.05, 0) is 92.0 Å². The Morgan fingerprint density at radius 3 is 1.29 bits per heavy atom. The van der Waals surface area contributed by atoms with Crippen LogP contribution in [0.1, 0.15) is 22.3 Å². The molecular formula is C59H38N2O. The van der Waals surface area contributed by atoms with Gasteiger partial charge in [0, 0.05) is 27.8 Å². The van der Waals surface area contributed by atoms with Crippen molar-refractivity contribution in [1.29, 1.82) is 0 Å². The molecular weight excluding hydrogens is 753 g/mol. The number of nitrogens with zero attached hydrogens (tertiary/aromatic N) is 2. The van der Waals surface area contributed by atoms with Crippen LogP contribution in [0.5, 0.6) is 11.5 Å². The molecule has 9 aromatic carbocycles. The van der Waals surface area contributed by atoms with Crippen molar-refractivity contribution in [1.82, 2.24) is 9.97 Å². The van der Waals surface area contributed by atoms with Crippen molar-refractivity contribution in [3.63, 3.8) is 0 Å². The van der Waals surface area contributed by atoms with Gasteiger partial charge in [0.2, 0.25) is 0 Å².